The average Bonchev–Trinajstić information content (AvgIpc) is 2.69. The van der Waals surface area contributed by atoms with E-state index in [4.69, 9.17) is 4.74 Å². The summed E-state index contributed by atoms with van der Waals surface area (Å²) in [7, 11) is 3.16. The van der Waals surface area contributed by atoms with Crippen LogP contribution in [-0.4, -0.2) is 55.6 Å². The van der Waals surface area contributed by atoms with Gasteiger partial charge in [0.1, 0.15) is 4.88 Å². The van der Waals surface area contributed by atoms with Crippen LogP contribution in [0.25, 0.3) is 0 Å². The van der Waals surface area contributed by atoms with Crippen molar-refractivity contribution < 1.29 is 14.3 Å². The van der Waals surface area contributed by atoms with Crippen LogP contribution in [0.5, 0.6) is 0 Å². The van der Waals surface area contributed by atoms with Crippen molar-refractivity contribution in [2.24, 2.45) is 0 Å². The first kappa shape index (κ1) is 13.8. The highest BCUT2D eigenvalue weighted by atomic mass is 32.1. The second kappa shape index (κ2) is 5.56. The van der Waals surface area contributed by atoms with Gasteiger partial charge in [0.2, 0.25) is 5.91 Å². The Hall–Kier alpha value is -1.63. The van der Waals surface area contributed by atoms with E-state index in [0.29, 0.717) is 22.2 Å². The van der Waals surface area contributed by atoms with Gasteiger partial charge in [-0.15, -0.1) is 0 Å². The molecule has 0 aliphatic carbocycles. The Labute approximate surface area is 116 Å². The van der Waals surface area contributed by atoms with E-state index in [1.54, 1.807) is 18.9 Å². The third kappa shape index (κ3) is 2.86. The molecule has 0 unspecified atom stereocenters. The molecule has 19 heavy (non-hydrogen) atoms. The van der Waals surface area contributed by atoms with E-state index in [2.05, 4.69) is 4.98 Å². The molecule has 0 spiro atoms. The number of likely N-dealkylation sites (N-methyl/N-ethyl adjacent to an activating group) is 1. The van der Waals surface area contributed by atoms with Gasteiger partial charge in [-0.2, -0.15) is 0 Å². The summed E-state index contributed by atoms with van der Waals surface area (Å²) in [6.07, 6.45) is 0.897. The van der Waals surface area contributed by atoms with Crippen molar-refractivity contribution >= 4 is 28.3 Å². The minimum absolute atomic E-state index is 0.0740. The third-order valence-corrected chi connectivity index (χ3v) is 4.30. The van der Waals surface area contributed by atoms with Gasteiger partial charge in [-0.25, -0.2) is 9.78 Å². The molecule has 2 heterocycles. The Morgan fingerprint density at radius 3 is 2.84 bits per heavy atom. The van der Waals surface area contributed by atoms with Crippen LogP contribution in [0.3, 0.4) is 0 Å². The standard InChI is InChI=1S/C12H17N3O3S/c1-8-10(11(17)18-3)19-12(13-8)15-6-4-5-14(2)9(16)7-15/h4-7H2,1-3H3. The number of aryl methyl sites for hydroxylation is 1. The monoisotopic (exact) mass is 283 g/mol. The summed E-state index contributed by atoms with van der Waals surface area (Å²) >= 11 is 1.28. The summed E-state index contributed by atoms with van der Waals surface area (Å²) in [5.74, 6) is -0.301. The van der Waals surface area contributed by atoms with E-state index < -0.39 is 0 Å². The SMILES string of the molecule is COC(=O)c1sc(N2CCCN(C)C(=O)C2)nc1C. The molecule has 1 aliphatic rings. The Bertz CT molecular complexity index is 500. The van der Waals surface area contributed by atoms with Gasteiger partial charge < -0.3 is 14.5 Å². The van der Waals surface area contributed by atoms with Crippen LogP contribution in [0.2, 0.25) is 0 Å². The molecular formula is C12H17N3O3S. The molecule has 1 aromatic heterocycles. The summed E-state index contributed by atoms with van der Waals surface area (Å²) in [6, 6.07) is 0. The zero-order valence-corrected chi connectivity index (χ0v) is 12.1. The largest absolute Gasteiger partial charge is 0.465 e. The molecule has 0 aromatic carbocycles. The molecule has 0 saturated carbocycles. The average molecular weight is 283 g/mol. The zero-order valence-electron chi connectivity index (χ0n) is 11.3. The molecule has 0 atom stereocenters. The molecule has 1 amide bonds. The lowest BCUT2D eigenvalue weighted by molar-refractivity contribution is -0.127. The predicted molar refractivity (Wildman–Crippen MR) is 72.7 cm³/mol. The van der Waals surface area contributed by atoms with Crippen molar-refractivity contribution in [1.82, 2.24) is 9.88 Å². The van der Waals surface area contributed by atoms with E-state index in [0.717, 1.165) is 19.5 Å². The van der Waals surface area contributed by atoms with Gasteiger partial charge in [0.05, 0.1) is 19.3 Å². The summed E-state index contributed by atoms with van der Waals surface area (Å²) in [6.45, 7) is 3.61. The van der Waals surface area contributed by atoms with Crippen molar-refractivity contribution in [3.8, 4) is 0 Å². The molecule has 1 aliphatic heterocycles. The summed E-state index contributed by atoms with van der Waals surface area (Å²) in [5, 5.41) is 0.710. The number of thiazole rings is 1. The number of rotatable bonds is 2. The van der Waals surface area contributed by atoms with E-state index in [1.807, 2.05) is 4.90 Å². The van der Waals surface area contributed by atoms with E-state index in [9.17, 15) is 9.59 Å². The maximum Gasteiger partial charge on any atom is 0.350 e. The van der Waals surface area contributed by atoms with Gasteiger partial charge in [-0.05, 0) is 13.3 Å². The maximum absolute atomic E-state index is 11.8. The maximum atomic E-state index is 11.8. The Balaban J connectivity index is 2.22. The van der Waals surface area contributed by atoms with Gasteiger partial charge in [0.15, 0.2) is 5.13 Å². The molecular weight excluding hydrogens is 266 g/mol. The molecule has 1 aromatic rings. The van der Waals surface area contributed by atoms with E-state index >= 15 is 0 Å². The fourth-order valence-corrected chi connectivity index (χ4v) is 2.96. The zero-order chi connectivity index (χ0) is 14.0. The van der Waals surface area contributed by atoms with Crippen LogP contribution < -0.4 is 4.90 Å². The number of aromatic nitrogens is 1. The fraction of sp³-hybridized carbons (Fsp3) is 0.583. The van der Waals surface area contributed by atoms with Gasteiger partial charge in [0.25, 0.3) is 0 Å². The molecule has 0 radical (unpaired) electrons. The highest BCUT2D eigenvalue weighted by molar-refractivity contribution is 7.17. The van der Waals surface area contributed by atoms with Crippen LogP contribution in [0.4, 0.5) is 5.13 Å². The lowest BCUT2D eigenvalue weighted by atomic mass is 10.4. The van der Waals surface area contributed by atoms with Crippen molar-refractivity contribution in [2.45, 2.75) is 13.3 Å². The van der Waals surface area contributed by atoms with E-state index in [-0.39, 0.29) is 11.9 Å². The van der Waals surface area contributed by atoms with Crippen molar-refractivity contribution in [3.63, 3.8) is 0 Å². The van der Waals surface area contributed by atoms with Crippen LogP contribution in [0.15, 0.2) is 0 Å². The van der Waals surface area contributed by atoms with E-state index in [1.165, 1.54) is 18.4 Å². The normalized spacial score (nSPS) is 16.5. The van der Waals surface area contributed by atoms with Gasteiger partial charge in [-0.3, -0.25) is 4.79 Å². The number of amides is 1. The highest BCUT2D eigenvalue weighted by Crippen LogP contribution is 2.27. The summed E-state index contributed by atoms with van der Waals surface area (Å²) in [4.78, 5) is 31.9. The number of anilines is 1. The van der Waals surface area contributed by atoms with Gasteiger partial charge in [0, 0.05) is 20.1 Å². The number of ether oxygens (including phenoxy) is 1. The Morgan fingerprint density at radius 2 is 2.16 bits per heavy atom. The molecule has 1 saturated heterocycles. The number of nitrogens with zero attached hydrogens (tertiary/aromatic N) is 3. The molecule has 0 N–H and O–H groups in total. The van der Waals surface area contributed by atoms with Crippen molar-refractivity contribution in [1.29, 1.82) is 0 Å². The quantitative estimate of drug-likeness (QED) is 0.755. The van der Waals surface area contributed by atoms with Gasteiger partial charge in [-0.1, -0.05) is 11.3 Å². The molecule has 6 nitrogen and oxygen atoms in total. The second-order valence-electron chi connectivity index (χ2n) is 4.49. The highest BCUT2D eigenvalue weighted by Gasteiger charge is 2.24. The molecule has 104 valence electrons. The second-order valence-corrected chi connectivity index (χ2v) is 5.47. The molecule has 7 heteroatoms. The van der Waals surface area contributed by atoms with Crippen LogP contribution >= 0.6 is 11.3 Å². The summed E-state index contributed by atoms with van der Waals surface area (Å²) < 4.78 is 4.72. The molecule has 2 rings (SSSR count). The number of hydrogen-bond acceptors (Lipinski definition) is 6. The Morgan fingerprint density at radius 1 is 1.42 bits per heavy atom. The van der Waals surface area contributed by atoms with Gasteiger partial charge >= 0.3 is 5.97 Å². The number of carbonyl (C=O) groups is 2. The Kier molecular flexibility index (Phi) is 4.04. The lowest BCUT2D eigenvalue weighted by Gasteiger charge is -2.18. The first-order valence-corrected chi connectivity index (χ1v) is 6.89. The fourth-order valence-electron chi connectivity index (χ4n) is 1.95. The number of methoxy groups -OCH3 is 1. The first-order chi connectivity index (χ1) is 9.02. The van der Waals surface area contributed by atoms with Crippen LogP contribution in [-0.2, 0) is 9.53 Å². The number of carbonyl (C=O) groups excluding carboxylic acids is 2. The number of esters is 1. The first-order valence-electron chi connectivity index (χ1n) is 6.07. The van der Waals surface area contributed by atoms with Crippen molar-refractivity contribution in [3.05, 3.63) is 10.6 Å². The van der Waals surface area contributed by atoms with Crippen LogP contribution in [0, 0.1) is 6.92 Å². The van der Waals surface area contributed by atoms with Crippen LogP contribution in [0.1, 0.15) is 21.8 Å². The lowest BCUT2D eigenvalue weighted by Crippen LogP contribution is -2.34. The molecule has 0 bridgehead atoms. The smallest absolute Gasteiger partial charge is 0.350 e. The summed E-state index contributed by atoms with van der Waals surface area (Å²) in [5.41, 5.74) is 0.650. The number of hydrogen-bond donors (Lipinski definition) is 0. The topological polar surface area (TPSA) is 62.7 Å². The van der Waals surface area contributed by atoms with Crippen molar-refractivity contribution in [2.75, 3.05) is 38.7 Å². The minimum Gasteiger partial charge on any atom is -0.465 e. The predicted octanol–water partition coefficient (Wildman–Crippen LogP) is 0.907. The minimum atomic E-state index is -0.375. The third-order valence-electron chi connectivity index (χ3n) is 3.10. The molecule has 1 fully saturated rings.